The highest BCUT2D eigenvalue weighted by atomic mass is 16.3. The van der Waals surface area contributed by atoms with Crippen LogP contribution in [0.15, 0.2) is 59.5 Å². The fourth-order valence-corrected chi connectivity index (χ4v) is 3.66. The predicted molar refractivity (Wildman–Crippen MR) is 102 cm³/mol. The molecule has 2 aromatic heterocycles. The first-order valence-corrected chi connectivity index (χ1v) is 9.16. The Morgan fingerprint density at radius 2 is 2.00 bits per heavy atom. The fourth-order valence-electron chi connectivity index (χ4n) is 3.66. The summed E-state index contributed by atoms with van der Waals surface area (Å²) >= 11 is 0. The summed E-state index contributed by atoms with van der Waals surface area (Å²) in [6.45, 7) is 0.820. The molecule has 0 radical (unpaired) electrons. The molecular weight excluding hydrogens is 356 g/mol. The minimum Gasteiger partial charge on any atom is -0.459 e. The summed E-state index contributed by atoms with van der Waals surface area (Å²) in [5, 5.41) is 4.15. The Morgan fingerprint density at radius 3 is 2.68 bits per heavy atom. The first kappa shape index (κ1) is 18.0. The second-order valence-electron chi connectivity index (χ2n) is 7.12. The average Bonchev–Trinajstić information content (AvgIpc) is 3.37. The zero-order valence-corrected chi connectivity index (χ0v) is 15.9. The number of carbonyl (C=O) groups excluding carboxylic acids is 2. The monoisotopic (exact) mass is 378 g/mol. The van der Waals surface area contributed by atoms with Crippen molar-refractivity contribution in [3.63, 3.8) is 0 Å². The van der Waals surface area contributed by atoms with E-state index in [1.165, 1.54) is 6.26 Å². The number of carbonyl (C=O) groups is 2. The highest BCUT2D eigenvalue weighted by Crippen LogP contribution is 2.26. The third kappa shape index (κ3) is 3.43. The number of benzene rings is 1. The molecule has 0 spiro atoms. The largest absolute Gasteiger partial charge is 0.459 e. The van der Waals surface area contributed by atoms with E-state index in [2.05, 4.69) is 5.10 Å². The van der Waals surface area contributed by atoms with Gasteiger partial charge in [-0.15, -0.1) is 0 Å². The third-order valence-corrected chi connectivity index (χ3v) is 5.08. The van der Waals surface area contributed by atoms with Crippen LogP contribution < -0.4 is 0 Å². The molecule has 1 aliphatic rings. The number of nitrogens with zero attached hydrogens (tertiary/aromatic N) is 4. The number of aryl methyl sites for hydroxylation is 1. The van der Waals surface area contributed by atoms with Gasteiger partial charge >= 0.3 is 0 Å². The maximum absolute atomic E-state index is 13.3. The molecule has 144 valence electrons. The standard InChI is InChI=1S/C21H22N4O3/c1-23(12-15-11-22-24(2)13-15)20(26)18-10-16-6-3-4-7-17(16)14-25(18)21(27)19-8-5-9-28-19/h3-9,11,13,18H,10,12,14H2,1-2H3. The van der Waals surface area contributed by atoms with Crippen molar-refractivity contribution in [1.82, 2.24) is 19.6 Å². The summed E-state index contributed by atoms with van der Waals surface area (Å²) in [5.74, 6) is -0.127. The second kappa shape index (κ2) is 7.34. The highest BCUT2D eigenvalue weighted by molar-refractivity contribution is 5.96. The molecule has 4 rings (SSSR count). The van der Waals surface area contributed by atoms with Crippen LogP contribution in [-0.4, -0.2) is 44.5 Å². The van der Waals surface area contributed by atoms with Gasteiger partial charge in [0, 0.05) is 45.4 Å². The van der Waals surface area contributed by atoms with Crippen molar-refractivity contribution in [3.05, 3.63) is 77.5 Å². The van der Waals surface area contributed by atoms with E-state index in [-0.39, 0.29) is 17.6 Å². The lowest BCUT2D eigenvalue weighted by atomic mass is 9.93. The van der Waals surface area contributed by atoms with Gasteiger partial charge in [0.25, 0.3) is 5.91 Å². The first-order valence-electron chi connectivity index (χ1n) is 9.16. The Balaban J connectivity index is 1.61. The molecule has 1 unspecified atom stereocenters. The molecule has 3 aromatic rings. The van der Waals surface area contributed by atoms with Crippen LogP contribution >= 0.6 is 0 Å². The van der Waals surface area contributed by atoms with Crippen LogP contribution in [0.4, 0.5) is 0 Å². The Morgan fingerprint density at radius 1 is 1.21 bits per heavy atom. The van der Waals surface area contributed by atoms with Gasteiger partial charge in [-0.1, -0.05) is 24.3 Å². The number of hydrogen-bond acceptors (Lipinski definition) is 4. The maximum Gasteiger partial charge on any atom is 0.290 e. The molecule has 0 saturated carbocycles. The van der Waals surface area contributed by atoms with E-state index in [4.69, 9.17) is 4.42 Å². The number of amides is 2. The number of furan rings is 1. The molecule has 2 amide bonds. The molecule has 0 saturated heterocycles. The normalized spacial score (nSPS) is 15.9. The van der Waals surface area contributed by atoms with Gasteiger partial charge in [0.15, 0.2) is 5.76 Å². The smallest absolute Gasteiger partial charge is 0.290 e. The summed E-state index contributed by atoms with van der Waals surface area (Å²) in [6, 6.07) is 10.7. The molecule has 0 N–H and O–H groups in total. The van der Waals surface area contributed by atoms with Gasteiger partial charge in [-0.3, -0.25) is 14.3 Å². The molecule has 3 heterocycles. The van der Waals surface area contributed by atoms with Crippen molar-refractivity contribution in [3.8, 4) is 0 Å². The van der Waals surface area contributed by atoms with Gasteiger partial charge < -0.3 is 14.2 Å². The van der Waals surface area contributed by atoms with E-state index in [0.29, 0.717) is 19.5 Å². The molecule has 28 heavy (non-hydrogen) atoms. The molecule has 0 aliphatic carbocycles. The second-order valence-corrected chi connectivity index (χ2v) is 7.12. The third-order valence-electron chi connectivity index (χ3n) is 5.08. The number of hydrogen-bond donors (Lipinski definition) is 0. The number of fused-ring (bicyclic) bond motifs is 1. The lowest BCUT2D eigenvalue weighted by Gasteiger charge is -2.37. The molecule has 7 heteroatoms. The highest BCUT2D eigenvalue weighted by Gasteiger charge is 2.37. The van der Waals surface area contributed by atoms with Gasteiger partial charge in [-0.05, 0) is 23.3 Å². The van der Waals surface area contributed by atoms with Crippen molar-refractivity contribution in [1.29, 1.82) is 0 Å². The Hall–Kier alpha value is -3.35. The van der Waals surface area contributed by atoms with Gasteiger partial charge in [-0.2, -0.15) is 5.10 Å². The summed E-state index contributed by atoms with van der Waals surface area (Å²) in [7, 11) is 3.60. The van der Waals surface area contributed by atoms with Gasteiger partial charge in [0.05, 0.1) is 12.5 Å². The Bertz CT molecular complexity index is 993. The number of rotatable bonds is 4. The molecule has 7 nitrogen and oxygen atoms in total. The van der Waals surface area contributed by atoms with Gasteiger partial charge in [0.1, 0.15) is 6.04 Å². The van der Waals surface area contributed by atoms with Crippen LogP contribution in [0.2, 0.25) is 0 Å². The minimum atomic E-state index is -0.575. The first-order chi connectivity index (χ1) is 13.5. The fraction of sp³-hybridized carbons (Fsp3) is 0.286. The van der Waals surface area contributed by atoms with Crippen molar-refractivity contribution in [2.75, 3.05) is 7.05 Å². The molecule has 0 fully saturated rings. The lowest BCUT2D eigenvalue weighted by molar-refractivity contribution is -0.135. The van der Waals surface area contributed by atoms with E-state index in [9.17, 15) is 9.59 Å². The molecule has 0 bridgehead atoms. The summed E-state index contributed by atoms with van der Waals surface area (Å²) in [4.78, 5) is 29.6. The molecular formula is C21H22N4O3. The predicted octanol–water partition coefficient (Wildman–Crippen LogP) is 2.24. The Labute approximate surface area is 163 Å². The van der Waals surface area contributed by atoms with Gasteiger partial charge in [0.2, 0.25) is 5.91 Å². The maximum atomic E-state index is 13.3. The molecule has 1 aromatic carbocycles. The zero-order valence-electron chi connectivity index (χ0n) is 15.9. The van der Waals surface area contributed by atoms with Crippen LogP contribution in [-0.2, 0) is 31.4 Å². The van der Waals surface area contributed by atoms with Crippen LogP contribution in [0.1, 0.15) is 27.2 Å². The quantitative estimate of drug-likeness (QED) is 0.698. The Kier molecular flexibility index (Phi) is 4.73. The summed E-state index contributed by atoms with van der Waals surface area (Å²) in [6.07, 6.45) is 5.58. The van der Waals surface area contributed by atoms with Crippen molar-refractivity contribution in [2.45, 2.75) is 25.6 Å². The van der Waals surface area contributed by atoms with E-state index in [0.717, 1.165) is 16.7 Å². The SMILES string of the molecule is CN(Cc1cnn(C)c1)C(=O)C1Cc2ccccc2CN1C(=O)c1ccco1. The lowest BCUT2D eigenvalue weighted by Crippen LogP contribution is -2.52. The van der Waals surface area contributed by atoms with Crippen LogP contribution in [0.5, 0.6) is 0 Å². The molecule has 1 aliphatic heterocycles. The topological polar surface area (TPSA) is 71.6 Å². The van der Waals surface area contributed by atoms with Crippen LogP contribution in [0.3, 0.4) is 0 Å². The van der Waals surface area contributed by atoms with Crippen molar-refractivity contribution in [2.24, 2.45) is 7.05 Å². The van der Waals surface area contributed by atoms with Crippen LogP contribution in [0, 0.1) is 0 Å². The minimum absolute atomic E-state index is 0.0988. The summed E-state index contributed by atoms with van der Waals surface area (Å²) < 4.78 is 7.00. The van der Waals surface area contributed by atoms with E-state index in [1.54, 1.807) is 39.9 Å². The zero-order chi connectivity index (χ0) is 19.7. The van der Waals surface area contributed by atoms with Crippen molar-refractivity contribution >= 4 is 11.8 Å². The number of likely N-dealkylation sites (N-methyl/N-ethyl adjacent to an activating group) is 1. The van der Waals surface area contributed by atoms with E-state index >= 15 is 0 Å². The summed E-state index contributed by atoms with van der Waals surface area (Å²) in [5.41, 5.74) is 3.10. The van der Waals surface area contributed by atoms with Crippen molar-refractivity contribution < 1.29 is 14.0 Å². The number of aromatic nitrogens is 2. The average molecular weight is 378 g/mol. The molecule has 1 atom stereocenters. The van der Waals surface area contributed by atoms with E-state index in [1.807, 2.05) is 37.5 Å². The van der Waals surface area contributed by atoms with Crippen LogP contribution in [0.25, 0.3) is 0 Å². The van der Waals surface area contributed by atoms with E-state index < -0.39 is 6.04 Å². The van der Waals surface area contributed by atoms with Gasteiger partial charge in [-0.25, -0.2) is 0 Å².